The molecule has 2 rings (SSSR count). The lowest BCUT2D eigenvalue weighted by Gasteiger charge is -2.29. The van der Waals surface area contributed by atoms with Crippen LogP contribution in [0.4, 0.5) is 0 Å². The van der Waals surface area contributed by atoms with Crippen LogP contribution in [0.1, 0.15) is 19.4 Å². The highest BCUT2D eigenvalue weighted by Gasteiger charge is 2.39. The molecule has 0 spiro atoms. The third kappa shape index (κ3) is 3.04. The minimum atomic E-state index is -1.29. The van der Waals surface area contributed by atoms with Crippen LogP contribution in [0.15, 0.2) is 26.7 Å². The lowest BCUT2D eigenvalue weighted by atomic mass is 10.1. The number of benzene rings is 1. The van der Waals surface area contributed by atoms with E-state index in [1.54, 1.807) is 12.1 Å². The van der Waals surface area contributed by atoms with Gasteiger partial charge in [0.1, 0.15) is 11.3 Å². The summed E-state index contributed by atoms with van der Waals surface area (Å²) in [5.41, 5.74) is 0.0134. The molecular weight excluding hydrogens is 396 g/mol. The summed E-state index contributed by atoms with van der Waals surface area (Å²) in [4.78, 5) is 23.6. The molecule has 0 bridgehead atoms. The number of cyclic esters (lactones) is 2. The van der Waals surface area contributed by atoms with E-state index in [0.29, 0.717) is 8.95 Å². The molecule has 0 aromatic heterocycles. The van der Waals surface area contributed by atoms with E-state index in [0.717, 1.165) is 0 Å². The van der Waals surface area contributed by atoms with Crippen LogP contribution in [0.25, 0.3) is 6.08 Å². The number of carbonyl (C=O) groups excluding carboxylic acids is 2. The maximum Gasteiger partial charge on any atom is 0.348 e. The van der Waals surface area contributed by atoms with Crippen molar-refractivity contribution in [2.75, 3.05) is 0 Å². The predicted octanol–water partition coefficient (Wildman–Crippen LogP) is 3.14. The summed E-state index contributed by atoms with van der Waals surface area (Å²) in [6.07, 6.45) is 1.23. The first-order valence-corrected chi connectivity index (χ1v) is 7.14. The highest BCUT2D eigenvalue weighted by molar-refractivity contribution is 9.11. The standard InChI is InChI=1S/C13H10Br2O5/c1-13(2)19-11(17)8(12(18)20-13)4-6-3-7(14)5-9(15)10(6)16/h3-5,16H,1-2H3. The Bertz CT molecular complexity index is 612. The van der Waals surface area contributed by atoms with Gasteiger partial charge in [-0.2, -0.15) is 0 Å². The Hall–Kier alpha value is -1.34. The molecule has 7 heteroatoms. The third-order valence-corrected chi connectivity index (χ3v) is 3.54. The number of rotatable bonds is 1. The number of aromatic hydroxyl groups is 1. The van der Waals surface area contributed by atoms with E-state index >= 15 is 0 Å². The van der Waals surface area contributed by atoms with Crippen LogP contribution in [0.3, 0.4) is 0 Å². The lowest BCUT2D eigenvalue weighted by molar-refractivity contribution is -0.222. The van der Waals surface area contributed by atoms with Gasteiger partial charge in [-0.25, -0.2) is 9.59 Å². The van der Waals surface area contributed by atoms with Crippen LogP contribution in [0.5, 0.6) is 5.75 Å². The van der Waals surface area contributed by atoms with Gasteiger partial charge in [0.25, 0.3) is 5.79 Å². The van der Waals surface area contributed by atoms with Crippen molar-refractivity contribution in [3.63, 3.8) is 0 Å². The largest absolute Gasteiger partial charge is 0.506 e. The maximum absolute atomic E-state index is 11.8. The van der Waals surface area contributed by atoms with E-state index in [-0.39, 0.29) is 16.9 Å². The Balaban J connectivity index is 2.46. The second kappa shape index (κ2) is 5.21. The summed E-state index contributed by atoms with van der Waals surface area (Å²) in [5.74, 6) is -2.96. The van der Waals surface area contributed by atoms with Gasteiger partial charge in [-0.3, -0.25) is 0 Å². The zero-order valence-corrected chi connectivity index (χ0v) is 13.7. The second-order valence-corrected chi connectivity index (χ2v) is 6.33. The predicted molar refractivity (Wildman–Crippen MR) is 77.7 cm³/mol. The number of phenols is 1. The van der Waals surface area contributed by atoms with Crippen molar-refractivity contribution < 1.29 is 24.2 Å². The molecule has 0 unspecified atom stereocenters. The van der Waals surface area contributed by atoms with Gasteiger partial charge in [0, 0.05) is 23.9 Å². The van der Waals surface area contributed by atoms with Crippen molar-refractivity contribution in [1.29, 1.82) is 0 Å². The summed E-state index contributed by atoms with van der Waals surface area (Å²) in [7, 11) is 0. The van der Waals surface area contributed by atoms with Crippen molar-refractivity contribution >= 4 is 49.9 Å². The monoisotopic (exact) mass is 404 g/mol. The first-order chi connectivity index (χ1) is 9.19. The Morgan fingerprint density at radius 1 is 1.15 bits per heavy atom. The summed E-state index contributed by atoms with van der Waals surface area (Å²) in [5, 5.41) is 9.91. The number of halogens is 2. The van der Waals surface area contributed by atoms with Gasteiger partial charge in [-0.15, -0.1) is 0 Å². The van der Waals surface area contributed by atoms with Crippen LogP contribution >= 0.6 is 31.9 Å². The Labute approximate surface area is 131 Å². The highest BCUT2D eigenvalue weighted by Crippen LogP contribution is 2.34. The van der Waals surface area contributed by atoms with E-state index in [4.69, 9.17) is 9.47 Å². The minimum absolute atomic E-state index is 0.0915. The second-order valence-electron chi connectivity index (χ2n) is 4.56. The van der Waals surface area contributed by atoms with E-state index in [1.807, 2.05) is 0 Å². The maximum atomic E-state index is 11.8. The molecule has 1 heterocycles. The Kier molecular flexibility index (Phi) is 3.93. The number of hydrogen-bond donors (Lipinski definition) is 1. The van der Waals surface area contributed by atoms with E-state index in [1.165, 1.54) is 19.9 Å². The first kappa shape index (κ1) is 15.1. The smallest absolute Gasteiger partial charge is 0.348 e. The van der Waals surface area contributed by atoms with Crippen LogP contribution in [0, 0.1) is 0 Å². The molecule has 106 valence electrons. The number of phenolic OH excluding ortho intramolecular Hbond substituents is 1. The average molecular weight is 406 g/mol. The molecule has 1 saturated heterocycles. The van der Waals surface area contributed by atoms with Crippen molar-refractivity contribution in [2.45, 2.75) is 19.6 Å². The molecule has 0 radical (unpaired) electrons. The molecule has 0 aliphatic carbocycles. The van der Waals surface area contributed by atoms with Gasteiger partial charge in [-0.05, 0) is 34.1 Å². The van der Waals surface area contributed by atoms with Crippen LogP contribution < -0.4 is 0 Å². The molecule has 1 N–H and O–H groups in total. The molecule has 1 aromatic carbocycles. The zero-order chi connectivity index (χ0) is 15.1. The average Bonchev–Trinajstić information content (AvgIpc) is 2.28. The molecule has 20 heavy (non-hydrogen) atoms. The van der Waals surface area contributed by atoms with Gasteiger partial charge in [0.15, 0.2) is 0 Å². The van der Waals surface area contributed by atoms with Gasteiger partial charge < -0.3 is 14.6 Å². The van der Waals surface area contributed by atoms with Gasteiger partial charge in [0.05, 0.1) is 4.47 Å². The molecule has 5 nitrogen and oxygen atoms in total. The molecule has 0 atom stereocenters. The van der Waals surface area contributed by atoms with E-state index in [2.05, 4.69) is 31.9 Å². The quantitative estimate of drug-likeness (QED) is 0.441. The summed E-state index contributed by atoms with van der Waals surface area (Å²) < 4.78 is 11.0. The van der Waals surface area contributed by atoms with Crippen molar-refractivity contribution in [1.82, 2.24) is 0 Å². The Morgan fingerprint density at radius 2 is 1.70 bits per heavy atom. The number of hydrogen-bond acceptors (Lipinski definition) is 5. The Morgan fingerprint density at radius 3 is 2.25 bits per heavy atom. The summed E-state index contributed by atoms with van der Waals surface area (Å²) >= 11 is 6.43. The first-order valence-electron chi connectivity index (χ1n) is 5.56. The highest BCUT2D eigenvalue weighted by atomic mass is 79.9. The van der Waals surface area contributed by atoms with Crippen LogP contribution in [-0.2, 0) is 19.1 Å². The van der Waals surface area contributed by atoms with E-state index < -0.39 is 17.7 Å². The zero-order valence-electron chi connectivity index (χ0n) is 10.6. The van der Waals surface area contributed by atoms with Gasteiger partial charge in [-0.1, -0.05) is 15.9 Å². The lowest BCUT2D eigenvalue weighted by Crippen LogP contribution is -2.41. The number of esters is 2. The molecule has 1 fully saturated rings. The van der Waals surface area contributed by atoms with Gasteiger partial charge in [0.2, 0.25) is 0 Å². The van der Waals surface area contributed by atoms with Crippen LogP contribution in [-0.4, -0.2) is 22.8 Å². The number of carbonyl (C=O) groups is 2. The fraction of sp³-hybridized carbons (Fsp3) is 0.231. The third-order valence-electron chi connectivity index (χ3n) is 2.47. The normalized spacial score (nSPS) is 17.5. The molecular formula is C13H10Br2O5. The van der Waals surface area contributed by atoms with Crippen molar-refractivity contribution in [2.24, 2.45) is 0 Å². The fourth-order valence-corrected chi connectivity index (χ4v) is 2.89. The summed E-state index contributed by atoms with van der Waals surface area (Å²) in [6, 6.07) is 3.20. The van der Waals surface area contributed by atoms with Crippen molar-refractivity contribution in [3.05, 3.63) is 32.2 Å². The van der Waals surface area contributed by atoms with Gasteiger partial charge >= 0.3 is 11.9 Å². The molecule has 0 saturated carbocycles. The molecule has 0 amide bonds. The summed E-state index contributed by atoms with van der Waals surface area (Å²) in [6.45, 7) is 2.93. The van der Waals surface area contributed by atoms with Crippen molar-refractivity contribution in [3.8, 4) is 5.75 Å². The molecule has 1 aromatic rings. The topological polar surface area (TPSA) is 72.8 Å². The molecule has 1 aliphatic rings. The number of ether oxygens (including phenoxy) is 2. The SMILES string of the molecule is CC1(C)OC(=O)C(=Cc2cc(Br)cc(Br)c2O)C(=O)O1. The fourth-order valence-electron chi connectivity index (χ4n) is 1.63. The van der Waals surface area contributed by atoms with E-state index in [9.17, 15) is 14.7 Å². The minimum Gasteiger partial charge on any atom is -0.506 e. The van der Waals surface area contributed by atoms with Crippen LogP contribution in [0.2, 0.25) is 0 Å². The molecule has 1 aliphatic heterocycles.